The van der Waals surface area contributed by atoms with Gasteiger partial charge in [0.15, 0.2) is 0 Å². The van der Waals surface area contributed by atoms with Gasteiger partial charge >= 0.3 is 0 Å². The van der Waals surface area contributed by atoms with Gasteiger partial charge in [0.1, 0.15) is 0 Å². The Labute approximate surface area is 75.7 Å². The largest absolute Gasteiger partial charge is 0.261 e. The van der Waals surface area contributed by atoms with Gasteiger partial charge < -0.3 is 0 Å². The number of hydrogen-bond acceptors (Lipinski definition) is 2. The Bertz CT molecular complexity index is 348. The second-order valence-electron chi connectivity index (χ2n) is 2.67. The Morgan fingerprint density at radius 1 is 1.25 bits per heavy atom. The van der Waals surface area contributed by atoms with Crippen molar-refractivity contribution in [3.8, 4) is 10.4 Å². The van der Waals surface area contributed by atoms with E-state index in [-0.39, 0.29) is 0 Å². The molecule has 0 aliphatic rings. The van der Waals surface area contributed by atoms with E-state index in [4.69, 9.17) is 0 Å². The van der Waals surface area contributed by atoms with Crippen molar-refractivity contribution in [2.75, 3.05) is 0 Å². The fourth-order valence-electron chi connectivity index (χ4n) is 1.06. The summed E-state index contributed by atoms with van der Waals surface area (Å²) >= 11 is 1.74. The van der Waals surface area contributed by atoms with E-state index < -0.39 is 0 Å². The average Bonchev–Trinajstić information content (AvgIpc) is 2.58. The minimum atomic E-state index is 1.07. The van der Waals surface area contributed by atoms with Crippen molar-refractivity contribution in [3.05, 3.63) is 41.5 Å². The summed E-state index contributed by atoms with van der Waals surface area (Å²) in [4.78, 5) is 5.52. The molecule has 0 radical (unpaired) electrons. The first-order valence-electron chi connectivity index (χ1n) is 3.83. The monoisotopic (exact) mass is 175 g/mol. The first kappa shape index (κ1) is 7.50. The third-order valence-electron chi connectivity index (χ3n) is 1.72. The molecular weight excluding hydrogens is 166 g/mol. The van der Waals surface area contributed by atoms with Gasteiger partial charge in [-0.05, 0) is 24.4 Å². The third kappa shape index (κ3) is 1.38. The molecule has 0 aliphatic carbocycles. The quantitative estimate of drug-likeness (QED) is 0.649. The normalized spacial score (nSPS) is 10.1. The zero-order valence-electron chi connectivity index (χ0n) is 6.82. The number of thiophene rings is 1. The molecule has 0 bridgehead atoms. The smallest absolute Gasteiger partial charge is 0.0373 e. The first-order valence-corrected chi connectivity index (χ1v) is 4.71. The van der Waals surface area contributed by atoms with Crippen LogP contribution in [0.25, 0.3) is 10.4 Å². The van der Waals surface area contributed by atoms with Crippen molar-refractivity contribution in [3.63, 3.8) is 0 Å². The average molecular weight is 175 g/mol. The molecule has 0 fully saturated rings. The number of aryl methyl sites for hydroxylation is 1. The van der Waals surface area contributed by atoms with Crippen LogP contribution in [-0.4, -0.2) is 4.98 Å². The molecule has 2 rings (SSSR count). The maximum Gasteiger partial charge on any atom is 0.0373 e. The predicted molar refractivity (Wildman–Crippen MR) is 52.3 cm³/mol. The number of hydrogen-bond donors (Lipinski definition) is 0. The summed E-state index contributed by atoms with van der Waals surface area (Å²) in [7, 11) is 0. The van der Waals surface area contributed by atoms with Crippen molar-refractivity contribution >= 4 is 11.3 Å². The molecule has 0 unspecified atom stereocenters. The van der Waals surface area contributed by atoms with Crippen molar-refractivity contribution in [1.29, 1.82) is 0 Å². The van der Waals surface area contributed by atoms with E-state index in [1.54, 1.807) is 11.3 Å². The van der Waals surface area contributed by atoms with Gasteiger partial charge in [0.2, 0.25) is 0 Å². The second-order valence-corrected chi connectivity index (χ2v) is 3.61. The van der Waals surface area contributed by atoms with Crippen LogP contribution < -0.4 is 0 Å². The summed E-state index contributed by atoms with van der Waals surface area (Å²) in [6, 6.07) is 8.31. The minimum Gasteiger partial charge on any atom is -0.261 e. The molecule has 0 N–H and O–H groups in total. The van der Waals surface area contributed by atoms with Gasteiger partial charge in [-0.15, -0.1) is 11.3 Å². The summed E-state index contributed by atoms with van der Waals surface area (Å²) in [5, 5.41) is 2.08. The van der Waals surface area contributed by atoms with Crippen LogP contribution in [0, 0.1) is 6.92 Å². The van der Waals surface area contributed by atoms with Gasteiger partial charge in [-0.1, -0.05) is 12.1 Å². The lowest BCUT2D eigenvalue weighted by Crippen LogP contribution is -1.79. The van der Waals surface area contributed by atoms with Gasteiger partial charge in [-0.2, -0.15) is 0 Å². The number of nitrogens with zero attached hydrogens (tertiary/aromatic N) is 1. The maximum atomic E-state index is 4.24. The molecule has 0 spiro atoms. The molecule has 2 aromatic rings. The Kier molecular flexibility index (Phi) is 1.92. The van der Waals surface area contributed by atoms with Gasteiger partial charge in [0.05, 0.1) is 0 Å². The minimum absolute atomic E-state index is 1.07. The van der Waals surface area contributed by atoms with E-state index in [1.807, 2.05) is 19.2 Å². The predicted octanol–water partition coefficient (Wildman–Crippen LogP) is 3.12. The van der Waals surface area contributed by atoms with E-state index in [0.717, 1.165) is 5.69 Å². The Morgan fingerprint density at radius 3 is 2.75 bits per heavy atom. The van der Waals surface area contributed by atoms with Gasteiger partial charge in [0.25, 0.3) is 0 Å². The fraction of sp³-hybridized carbons (Fsp3) is 0.100. The molecule has 60 valence electrons. The number of aromatic nitrogens is 1. The van der Waals surface area contributed by atoms with E-state index in [9.17, 15) is 0 Å². The third-order valence-corrected chi connectivity index (χ3v) is 2.64. The summed E-state index contributed by atoms with van der Waals surface area (Å²) in [6.45, 7) is 2.00. The topological polar surface area (TPSA) is 12.9 Å². The maximum absolute atomic E-state index is 4.24. The highest BCUT2D eigenvalue weighted by molar-refractivity contribution is 7.13. The SMILES string of the molecule is Cc1ccc(-c2cccs2)cn1. The number of rotatable bonds is 1. The Hall–Kier alpha value is -1.15. The van der Waals surface area contributed by atoms with Crippen molar-refractivity contribution in [2.24, 2.45) is 0 Å². The first-order chi connectivity index (χ1) is 5.86. The molecule has 2 heterocycles. The van der Waals surface area contributed by atoms with Crippen LogP contribution in [0.4, 0.5) is 0 Å². The van der Waals surface area contributed by atoms with Gasteiger partial charge in [0, 0.05) is 22.3 Å². The fourth-order valence-corrected chi connectivity index (χ4v) is 1.77. The summed E-state index contributed by atoms with van der Waals surface area (Å²) in [5.41, 5.74) is 2.27. The van der Waals surface area contributed by atoms with Crippen molar-refractivity contribution in [2.45, 2.75) is 6.92 Å². The van der Waals surface area contributed by atoms with Crippen LogP contribution in [0.5, 0.6) is 0 Å². The van der Waals surface area contributed by atoms with Crippen molar-refractivity contribution in [1.82, 2.24) is 4.98 Å². The van der Waals surface area contributed by atoms with Gasteiger partial charge in [-0.3, -0.25) is 4.98 Å². The lowest BCUT2D eigenvalue weighted by atomic mass is 10.2. The summed E-state index contributed by atoms with van der Waals surface area (Å²) < 4.78 is 0. The van der Waals surface area contributed by atoms with Crippen LogP contribution >= 0.6 is 11.3 Å². The molecule has 12 heavy (non-hydrogen) atoms. The Morgan fingerprint density at radius 2 is 2.17 bits per heavy atom. The second kappa shape index (κ2) is 3.07. The van der Waals surface area contributed by atoms with Crippen LogP contribution in [0.2, 0.25) is 0 Å². The summed E-state index contributed by atoms with van der Waals surface area (Å²) in [5.74, 6) is 0. The molecule has 0 amide bonds. The van der Waals surface area contributed by atoms with E-state index in [0.29, 0.717) is 0 Å². The zero-order valence-corrected chi connectivity index (χ0v) is 7.64. The molecule has 2 aromatic heterocycles. The highest BCUT2D eigenvalue weighted by atomic mass is 32.1. The van der Waals surface area contributed by atoms with E-state index in [2.05, 4.69) is 28.6 Å². The van der Waals surface area contributed by atoms with Gasteiger partial charge in [-0.25, -0.2) is 0 Å². The molecule has 0 aliphatic heterocycles. The zero-order chi connectivity index (χ0) is 8.39. The van der Waals surface area contributed by atoms with Crippen LogP contribution in [0.15, 0.2) is 35.8 Å². The highest BCUT2D eigenvalue weighted by Gasteiger charge is 1.96. The van der Waals surface area contributed by atoms with Crippen LogP contribution in [-0.2, 0) is 0 Å². The molecule has 0 aromatic carbocycles. The molecule has 0 saturated heterocycles. The van der Waals surface area contributed by atoms with Crippen molar-refractivity contribution < 1.29 is 0 Å². The lowest BCUT2D eigenvalue weighted by Gasteiger charge is -1.95. The molecule has 0 saturated carbocycles. The van der Waals surface area contributed by atoms with E-state index in [1.165, 1.54) is 10.4 Å². The lowest BCUT2D eigenvalue weighted by molar-refractivity contribution is 1.20. The summed E-state index contributed by atoms with van der Waals surface area (Å²) in [6.07, 6.45) is 1.92. The molecule has 0 atom stereocenters. The number of pyridine rings is 1. The van der Waals surface area contributed by atoms with Crippen LogP contribution in [0.1, 0.15) is 5.69 Å². The molecule has 2 heteroatoms. The molecule has 1 nitrogen and oxygen atoms in total. The Balaban J connectivity index is 2.43. The standard InChI is InChI=1S/C10H9NS/c1-8-4-5-9(7-11-8)10-3-2-6-12-10/h2-7H,1H3. The highest BCUT2D eigenvalue weighted by Crippen LogP contribution is 2.23. The van der Waals surface area contributed by atoms with E-state index >= 15 is 0 Å². The van der Waals surface area contributed by atoms with Crippen LogP contribution in [0.3, 0.4) is 0 Å². The molecular formula is C10H9NS.